The van der Waals surface area contributed by atoms with Crippen molar-refractivity contribution in [2.75, 3.05) is 16.8 Å². The van der Waals surface area contributed by atoms with Gasteiger partial charge in [-0.05, 0) is 55.4 Å². The molecule has 0 aromatic heterocycles. The molecule has 2 amide bonds. The van der Waals surface area contributed by atoms with Gasteiger partial charge in [0, 0.05) is 12.7 Å². The lowest BCUT2D eigenvalue weighted by Gasteiger charge is -2.24. The van der Waals surface area contributed by atoms with E-state index in [0.717, 1.165) is 28.6 Å². The van der Waals surface area contributed by atoms with Crippen LogP contribution in [0.5, 0.6) is 0 Å². The minimum absolute atomic E-state index is 0.200. The molecule has 1 atom stereocenters. The average Bonchev–Trinajstić information content (AvgIpc) is 2.82. The topological polar surface area (TPSA) is 40.6 Å². The fraction of sp³-hybridized carbons (Fsp3) is 0.222. The number of carbonyl (C=O) groups excluding carboxylic acids is 2. The monoisotopic (exact) mass is 326 g/mol. The Bertz CT molecular complexity index is 758. The third kappa shape index (κ3) is 2.97. The Labute approximate surface area is 140 Å². The van der Waals surface area contributed by atoms with Crippen LogP contribution in [0.2, 0.25) is 0 Å². The van der Waals surface area contributed by atoms with E-state index in [9.17, 15) is 9.59 Å². The largest absolute Gasteiger partial charge is 0.354 e. The molecule has 0 radical (unpaired) electrons. The van der Waals surface area contributed by atoms with Gasteiger partial charge >= 0.3 is 0 Å². The maximum absolute atomic E-state index is 12.8. The number of aryl methyl sites for hydroxylation is 2. The van der Waals surface area contributed by atoms with Crippen molar-refractivity contribution < 1.29 is 9.59 Å². The lowest BCUT2D eigenvalue weighted by Crippen LogP contribution is -2.39. The second kappa shape index (κ2) is 6.08. The van der Waals surface area contributed by atoms with E-state index < -0.39 is 5.37 Å². The number of likely N-dealkylation sites (N-methyl/N-ethyl adjacent to an activating group) is 1. The van der Waals surface area contributed by atoms with Gasteiger partial charge in [0.15, 0.2) is 5.37 Å². The predicted molar refractivity (Wildman–Crippen MR) is 95.0 cm³/mol. The van der Waals surface area contributed by atoms with Crippen LogP contribution in [0, 0.1) is 13.8 Å². The number of nitrogens with zero attached hydrogens (tertiary/aromatic N) is 2. The van der Waals surface area contributed by atoms with E-state index >= 15 is 0 Å². The number of carbonyl (C=O) groups is 2. The van der Waals surface area contributed by atoms with Gasteiger partial charge in [0.25, 0.3) is 11.1 Å². The van der Waals surface area contributed by atoms with Crippen molar-refractivity contribution in [2.45, 2.75) is 19.2 Å². The molecule has 4 nitrogen and oxygen atoms in total. The zero-order chi connectivity index (χ0) is 16.6. The van der Waals surface area contributed by atoms with Crippen molar-refractivity contribution >= 4 is 34.3 Å². The molecule has 0 saturated carbocycles. The summed E-state index contributed by atoms with van der Waals surface area (Å²) in [5.41, 5.74) is 3.72. The summed E-state index contributed by atoms with van der Waals surface area (Å²) < 4.78 is 0. The average molecular weight is 326 g/mol. The minimum Gasteiger partial charge on any atom is -0.354 e. The zero-order valence-corrected chi connectivity index (χ0v) is 14.1. The summed E-state index contributed by atoms with van der Waals surface area (Å²) in [6.07, 6.45) is 0. The van der Waals surface area contributed by atoms with Crippen molar-refractivity contribution in [1.29, 1.82) is 0 Å². The quantitative estimate of drug-likeness (QED) is 0.856. The van der Waals surface area contributed by atoms with Crippen molar-refractivity contribution in [3.8, 4) is 0 Å². The highest BCUT2D eigenvalue weighted by Gasteiger charge is 2.43. The second-order valence-electron chi connectivity index (χ2n) is 5.70. The van der Waals surface area contributed by atoms with Crippen LogP contribution in [0.1, 0.15) is 11.1 Å². The standard InChI is InChI=1S/C18H18N2O2S/c1-12-7-9-14(10-8-12)19(3)17-16(21)20(18(22)23-17)15-6-4-5-13(2)11-15/h4-11,17H,1-3H3. The van der Waals surface area contributed by atoms with Gasteiger partial charge in [0.2, 0.25) is 0 Å². The first kappa shape index (κ1) is 15.6. The number of thioether (sulfide) groups is 1. The predicted octanol–water partition coefficient (Wildman–Crippen LogP) is 3.97. The van der Waals surface area contributed by atoms with E-state index in [1.807, 2.05) is 68.3 Å². The van der Waals surface area contributed by atoms with Crippen LogP contribution in [0.4, 0.5) is 16.2 Å². The van der Waals surface area contributed by atoms with Gasteiger partial charge in [-0.2, -0.15) is 0 Å². The summed E-state index contributed by atoms with van der Waals surface area (Å²) in [4.78, 5) is 28.2. The first-order valence-electron chi connectivity index (χ1n) is 7.38. The summed E-state index contributed by atoms with van der Waals surface area (Å²) in [6.45, 7) is 3.96. The number of amides is 2. The molecular formula is C18H18N2O2S. The Morgan fingerprint density at radius 2 is 1.70 bits per heavy atom. The molecular weight excluding hydrogens is 308 g/mol. The number of rotatable bonds is 3. The minimum atomic E-state index is -0.536. The van der Waals surface area contributed by atoms with E-state index in [1.54, 1.807) is 6.07 Å². The van der Waals surface area contributed by atoms with Gasteiger partial charge in [0.05, 0.1) is 5.69 Å². The molecule has 1 aliphatic heterocycles. The number of hydrogen-bond acceptors (Lipinski definition) is 4. The number of imide groups is 1. The van der Waals surface area contributed by atoms with Crippen LogP contribution in [0.15, 0.2) is 48.5 Å². The maximum atomic E-state index is 12.8. The molecule has 23 heavy (non-hydrogen) atoms. The SMILES string of the molecule is Cc1ccc(N(C)C2SC(=O)N(c3cccc(C)c3)C2=O)cc1. The molecule has 2 aromatic rings. The highest BCUT2D eigenvalue weighted by atomic mass is 32.2. The van der Waals surface area contributed by atoms with Crippen LogP contribution in [-0.2, 0) is 4.79 Å². The van der Waals surface area contributed by atoms with Crippen LogP contribution in [0.25, 0.3) is 0 Å². The highest BCUT2D eigenvalue weighted by molar-refractivity contribution is 8.16. The number of benzene rings is 2. The lowest BCUT2D eigenvalue weighted by molar-refractivity contribution is -0.116. The lowest BCUT2D eigenvalue weighted by atomic mass is 10.2. The molecule has 1 fully saturated rings. The number of hydrogen-bond donors (Lipinski definition) is 0. The van der Waals surface area contributed by atoms with Gasteiger partial charge in [-0.3, -0.25) is 9.59 Å². The van der Waals surface area contributed by atoms with Crippen LogP contribution >= 0.6 is 11.8 Å². The molecule has 0 N–H and O–H groups in total. The molecule has 1 unspecified atom stereocenters. The second-order valence-corrected chi connectivity index (χ2v) is 6.73. The molecule has 0 spiro atoms. The van der Waals surface area contributed by atoms with Gasteiger partial charge in [-0.25, -0.2) is 4.90 Å². The fourth-order valence-electron chi connectivity index (χ4n) is 2.56. The van der Waals surface area contributed by atoms with Gasteiger partial charge < -0.3 is 4.90 Å². The van der Waals surface area contributed by atoms with Crippen molar-refractivity contribution in [3.05, 3.63) is 59.7 Å². The maximum Gasteiger partial charge on any atom is 0.295 e. The first-order chi connectivity index (χ1) is 11.0. The zero-order valence-electron chi connectivity index (χ0n) is 13.3. The summed E-state index contributed by atoms with van der Waals surface area (Å²) in [5.74, 6) is -0.200. The Kier molecular flexibility index (Phi) is 4.13. The van der Waals surface area contributed by atoms with E-state index in [2.05, 4.69) is 0 Å². The summed E-state index contributed by atoms with van der Waals surface area (Å²) in [5, 5.41) is -0.768. The summed E-state index contributed by atoms with van der Waals surface area (Å²) >= 11 is 1.05. The summed E-state index contributed by atoms with van der Waals surface area (Å²) in [6, 6.07) is 15.4. The normalized spacial score (nSPS) is 17.7. The van der Waals surface area contributed by atoms with Gasteiger partial charge in [-0.1, -0.05) is 29.8 Å². The molecule has 0 aliphatic carbocycles. The van der Waals surface area contributed by atoms with Gasteiger partial charge in [-0.15, -0.1) is 0 Å². The molecule has 5 heteroatoms. The van der Waals surface area contributed by atoms with Crippen LogP contribution in [0.3, 0.4) is 0 Å². The Morgan fingerprint density at radius 3 is 2.35 bits per heavy atom. The molecule has 3 rings (SSSR count). The van der Waals surface area contributed by atoms with E-state index in [-0.39, 0.29) is 11.1 Å². The van der Waals surface area contributed by atoms with E-state index in [1.165, 1.54) is 4.90 Å². The van der Waals surface area contributed by atoms with Gasteiger partial charge in [0.1, 0.15) is 0 Å². The Morgan fingerprint density at radius 1 is 1.00 bits per heavy atom. The smallest absolute Gasteiger partial charge is 0.295 e. The first-order valence-corrected chi connectivity index (χ1v) is 8.26. The Hall–Kier alpha value is -2.27. The van der Waals surface area contributed by atoms with Crippen LogP contribution < -0.4 is 9.80 Å². The van der Waals surface area contributed by atoms with E-state index in [4.69, 9.17) is 0 Å². The third-order valence-corrected chi connectivity index (χ3v) is 5.00. The molecule has 2 aromatic carbocycles. The molecule has 1 heterocycles. The highest BCUT2D eigenvalue weighted by Crippen LogP contribution is 2.35. The van der Waals surface area contributed by atoms with Crippen molar-refractivity contribution in [3.63, 3.8) is 0 Å². The van der Waals surface area contributed by atoms with Crippen LogP contribution in [-0.4, -0.2) is 23.6 Å². The van der Waals surface area contributed by atoms with Crippen molar-refractivity contribution in [1.82, 2.24) is 0 Å². The third-order valence-electron chi connectivity index (χ3n) is 3.88. The summed E-state index contributed by atoms with van der Waals surface area (Å²) in [7, 11) is 1.84. The molecule has 118 valence electrons. The van der Waals surface area contributed by atoms with E-state index in [0.29, 0.717) is 5.69 Å². The fourth-order valence-corrected chi connectivity index (χ4v) is 3.54. The number of anilines is 2. The molecule has 1 aliphatic rings. The van der Waals surface area contributed by atoms with Crippen molar-refractivity contribution in [2.24, 2.45) is 0 Å². The molecule has 0 bridgehead atoms. The molecule has 1 saturated heterocycles. The Balaban J connectivity index is 1.87.